The number of nitrogens with one attached hydrogen (secondary N) is 2. The van der Waals surface area contributed by atoms with Crippen molar-refractivity contribution in [1.82, 2.24) is 15.2 Å². The van der Waals surface area contributed by atoms with Crippen molar-refractivity contribution in [2.75, 3.05) is 46.2 Å². The number of hydrogen-bond donors (Lipinski definition) is 2. The molecule has 0 aliphatic carbocycles. The van der Waals surface area contributed by atoms with Gasteiger partial charge in [-0.1, -0.05) is 12.1 Å². The van der Waals surface area contributed by atoms with Gasteiger partial charge in [0, 0.05) is 19.3 Å². The first-order chi connectivity index (χ1) is 12.6. The van der Waals surface area contributed by atoms with Crippen molar-refractivity contribution in [3.8, 4) is 5.75 Å². The molecule has 1 amide bonds. The van der Waals surface area contributed by atoms with Gasteiger partial charge in [-0.25, -0.2) is 4.98 Å². The van der Waals surface area contributed by atoms with E-state index in [4.69, 9.17) is 4.74 Å². The number of benzene rings is 1. The Balaban J connectivity index is 1.75. The second-order valence-corrected chi connectivity index (χ2v) is 6.37. The normalized spacial score (nSPS) is 10.6. The number of methoxy groups -OCH3 is 1. The summed E-state index contributed by atoms with van der Waals surface area (Å²) in [6.45, 7) is 2.38. The average molecular weight is 356 g/mol. The molecule has 2 rings (SSSR count). The highest BCUT2D eigenvalue weighted by molar-refractivity contribution is 5.94. The van der Waals surface area contributed by atoms with E-state index in [9.17, 15) is 4.79 Å². The van der Waals surface area contributed by atoms with Crippen molar-refractivity contribution >= 4 is 11.7 Å². The van der Waals surface area contributed by atoms with Crippen molar-refractivity contribution in [3.63, 3.8) is 0 Å². The largest absolute Gasteiger partial charge is 0.497 e. The zero-order chi connectivity index (χ0) is 18.8. The minimum absolute atomic E-state index is 0.0841. The number of anilines is 1. The van der Waals surface area contributed by atoms with Crippen LogP contribution in [0, 0.1) is 0 Å². The van der Waals surface area contributed by atoms with E-state index >= 15 is 0 Å². The number of rotatable bonds is 10. The van der Waals surface area contributed by atoms with Crippen LogP contribution in [0.15, 0.2) is 42.6 Å². The van der Waals surface area contributed by atoms with Crippen LogP contribution in [-0.2, 0) is 6.42 Å². The monoisotopic (exact) mass is 356 g/mol. The van der Waals surface area contributed by atoms with Crippen LogP contribution in [0.1, 0.15) is 22.3 Å². The van der Waals surface area contributed by atoms with Crippen molar-refractivity contribution in [2.45, 2.75) is 12.8 Å². The van der Waals surface area contributed by atoms with Gasteiger partial charge in [0.25, 0.3) is 5.91 Å². The van der Waals surface area contributed by atoms with E-state index in [1.807, 2.05) is 38.4 Å². The average Bonchev–Trinajstić information content (AvgIpc) is 2.65. The molecule has 0 atom stereocenters. The summed E-state index contributed by atoms with van der Waals surface area (Å²) < 4.78 is 5.23. The highest BCUT2D eigenvalue weighted by atomic mass is 16.5. The first-order valence-electron chi connectivity index (χ1n) is 8.84. The Bertz CT molecular complexity index is 686. The Hall–Kier alpha value is -2.60. The molecule has 0 aliphatic rings. The Morgan fingerprint density at radius 2 is 2.04 bits per heavy atom. The predicted molar refractivity (Wildman–Crippen MR) is 105 cm³/mol. The Labute approximate surface area is 155 Å². The number of carbonyl (C=O) groups is 1. The third-order valence-electron chi connectivity index (χ3n) is 3.95. The van der Waals surface area contributed by atoms with E-state index in [0.29, 0.717) is 12.1 Å². The molecular formula is C20H28N4O2. The summed E-state index contributed by atoms with van der Waals surface area (Å²) >= 11 is 0. The summed E-state index contributed by atoms with van der Waals surface area (Å²) in [5.41, 5.74) is 1.78. The van der Waals surface area contributed by atoms with Gasteiger partial charge in [0.1, 0.15) is 11.6 Å². The summed E-state index contributed by atoms with van der Waals surface area (Å²) in [5.74, 6) is 1.54. The number of carbonyl (C=O) groups excluding carboxylic acids is 1. The maximum atomic E-state index is 12.1. The van der Waals surface area contributed by atoms with Crippen LogP contribution in [-0.4, -0.2) is 56.6 Å². The molecule has 0 spiro atoms. The van der Waals surface area contributed by atoms with Crippen molar-refractivity contribution < 1.29 is 9.53 Å². The fourth-order valence-corrected chi connectivity index (χ4v) is 2.49. The van der Waals surface area contributed by atoms with Crippen molar-refractivity contribution in [1.29, 1.82) is 0 Å². The molecule has 2 N–H and O–H groups in total. The van der Waals surface area contributed by atoms with E-state index < -0.39 is 0 Å². The molecule has 0 aliphatic heterocycles. The number of pyridine rings is 1. The van der Waals surface area contributed by atoms with Gasteiger partial charge in [-0.3, -0.25) is 4.79 Å². The van der Waals surface area contributed by atoms with Crippen LogP contribution in [0.3, 0.4) is 0 Å². The molecule has 0 radical (unpaired) electrons. The van der Waals surface area contributed by atoms with Gasteiger partial charge >= 0.3 is 0 Å². The predicted octanol–water partition coefficient (Wildman–Crippen LogP) is 2.43. The highest BCUT2D eigenvalue weighted by Gasteiger charge is 2.05. The maximum absolute atomic E-state index is 12.1. The lowest BCUT2D eigenvalue weighted by Crippen LogP contribution is -2.27. The van der Waals surface area contributed by atoms with Gasteiger partial charge in [-0.15, -0.1) is 0 Å². The summed E-state index contributed by atoms with van der Waals surface area (Å²) in [4.78, 5) is 18.5. The Morgan fingerprint density at radius 3 is 2.73 bits per heavy atom. The molecule has 140 valence electrons. The van der Waals surface area contributed by atoms with E-state index in [1.54, 1.807) is 19.4 Å². The number of amides is 1. The third kappa shape index (κ3) is 6.72. The molecule has 0 fully saturated rings. The summed E-state index contributed by atoms with van der Waals surface area (Å²) in [7, 11) is 5.71. The fraction of sp³-hybridized carbons (Fsp3) is 0.400. The lowest BCUT2D eigenvalue weighted by molar-refractivity contribution is 0.0952. The van der Waals surface area contributed by atoms with E-state index in [-0.39, 0.29) is 5.91 Å². The standard InChI is InChI=1S/C20H28N4O2/c1-24(2)13-5-11-22-20(25)17-8-9-19(23-15-17)21-12-10-16-6-4-7-18(14-16)26-3/h4,6-9,14-15H,5,10-13H2,1-3H3,(H,21,23)(H,22,25). The Kier molecular flexibility index (Phi) is 7.89. The molecule has 26 heavy (non-hydrogen) atoms. The second-order valence-electron chi connectivity index (χ2n) is 6.37. The van der Waals surface area contributed by atoms with E-state index in [1.165, 1.54) is 5.56 Å². The molecule has 6 heteroatoms. The van der Waals surface area contributed by atoms with Gasteiger partial charge in [0.05, 0.1) is 12.7 Å². The van der Waals surface area contributed by atoms with Crippen LogP contribution in [0.5, 0.6) is 5.75 Å². The first-order valence-corrected chi connectivity index (χ1v) is 8.84. The van der Waals surface area contributed by atoms with Gasteiger partial charge in [0.2, 0.25) is 0 Å². The minimum Gasteiger partial charge on any atom is -0.497 e. The van der Waals surface area contributed by atoms with E-state index in [2.05, 4.69) is 26.6 Å². The fourth-order valence-electron chi connectivity index (χ4n) is 2.49. The summed E-state index contributed by atoms with van der Waals surface area (Å²) in [6.07, 6.45) is 3.40. The SMILES string of the molecule is COc1cccc(CCNc2ccc(C(=O)NCCCN(C)C)cn2)c1. The van der Waals surface area contributed by atoms with Gasteiger partial charge in [-0.2, -0.15) is 0 Å². The van der Waals surface area contributed by atoms with Crippen LogP contribution in [0.25, 0.3) is 0 Å². The van der Waals surface area contributed by atoms with Gasteiger partial charge in [-0.05, 0) is 63.3 Å². The summed E-state index contributed by atoms with van der Waals surface area (Å²) in [6, 6.07) is 11.6. The van der Waals surface area contributed by atoms with Crippen LogP contribution in [0.2, 0.25) is 0 Å². The first kappa shape index (κ1) is 19.7. The maximum Gasteiger partial charge on any atom is 0.252 e. The molecule has 0 bridgehead atoms. The lowest BCUT2D eigenvalue weighted by Gasteiger charge is -2.10. The lowest BCUT2D eigenvalue weighted by atomic mass is 10.1. The number of aromatic nitrogens is 1. The molecule has 2 aromatic rings. The zero-order valence-corrected chi connectivity index (χ0v) is 15.8. The molecule has 0 saturated carbocycles. The molecule has 1 aromatic carbocycles. The smallest absolute Gasteiger partial charge is 0.252 e. The van der Waals surface area contributed by atoms with Crippen LogP contribution in [0.4, 0.5) is 5.82 Å². The molecule has 0 unspecified atom stereocenters. The van der Waals surface area contributed by atoms with Crippen LogP contribution >= 0.6 is 0 Å². The second kappa shape index (κ2) is 10.4. The quantitative estimate of drug-likeness (QED) is 0.640. The Morgan fingerprint density at radius 1 is 1.19 bits per heavy atom. The van der Waals surface area contributed by atoms with E-state index in [0.717, 1.165) is 37.5 Å². The molecule has 6 nitrogen and oxygen atoms in total. The molecule has 0 saturated heterocycles. The van der Waals surface area contributed by atoms with Gasteiger partial charge in [0.15, 0.2) is 0 Å². The third-order valence-corrected chi connectivity index (χ3v) is 3.95. The minimum atomic E-state index is -0.0841. The zero-order valence-electron chi connectivity index (χ0n) is 15.8. The molecule has 1 aromatic heterocycles. The molecule has 1 heterocycles. The van der Waals surface area contributed by atoms with Crippen molar-refractivity contribution in [2.24, 2.45) is 0 Å². The number of nitrogens with zero attached hydrogens (tertiary/aromatic N) is 2. The van der Waals surface area contributed by atoms with Crippen molar-refractivity contribution in [3.05, 3.63) is 53.7 Å². The number of ether oxygens (including phenoxy) is 1. The molecular weight excluding hydrogens is 328 g/mol. The number of hydrogen-bond acceptors (Lipinski definition) is 5. The highest BCUT2D eigenvalue weighted by Crippen LogP contribution is 2.13. The topological polar surface area (TPSA) is 66.5 Å². The summed E-state index contributed by atoms with van der Waals surface area (Å²) in [5, 5.41) is 6.18. The van der Waals surface area contributed by atoms with Gasteiger partial charge < -0.3 is 20.3 Å². The van der Waals surface area contributed by atoms with Crippen LogP contribution < -0.4 is 15.4 Å².